The summed E-state index contributed by atoms with van der Waals surface area (Å²) in [6.45, 7) is 2.71. The van der Waals surface area contributed by atoms with Gasteiger partial charge in [-0.2, -0.15) is 5.26 Å². The number of rotatable bonds is 4. The third-order valence-electron chi connectivity index (χ3n) is 5.03. The van der Waals surface area contributed by atoms with E-state index in [0.717, 1.165) is 24.1 Å². The van der Waals surface area contributed by atoms with Gasteiger partial charge in [0.1, 0.15) is 18.4 Å². The first-order valence-corrected chi connectivity index (χ1v) is 9.45. The van der Waals surface area contributed by atoms with Crippen LogP contribution in [0.1, 0.15) is 45.4 Å². The first-order valence-electron chi connectivity index (χ1n) is 8.63. The Labute approximate surface area is 155 Å². The standard InChI is InChI=1S/C19H18N4O2S/c1-2-13-7-14-17(26-13)18(25)23(11-19(14)5-6-19)10-16(24)22-15-4-3-12(8-20)9-21-15/h3-4,7,9H,2,5-6,10-11H2,1H3,(H,21,22,24). The number of pyridine rings is 1. The average Bonchev–Trinajstić information content (AvgIpc) is 3.27. The van der Waals surface area contributed by atoms with Crippen LogP contribution in [0.15, 0.2) is 24.4 Å². The van der Waals surface area contributed by atoms with Crippen molar-refractivity contribution in [2.75, 3.05) is 18.4 Å². The number of carbonyl (C=O) groups excluding carboxylic acids is 2. The molecule has 1 fully saturated rings. The molecule has 1 N–H and O–H groups in total. The van der Waals surface area contributed by atoms with Crippen molar-refractivity contribution in [3.63, 3.8) is 0 Å². The van der Waals surface area contributed by atoms with Crippen molar-refractivity contribution < 1.29 is 9.59 Å². The molecule has 1 saturated carbocycles. The lowest BCUT2D eigenvalue weighted by Crippen LogP contribution is -2.46. The summed E-state index contributed by atoms with van der Waals surface area (Å²) in [7, 11) is 0. The Hall–Kier alpha value is -2.72. The lowest BCUT2D eigenvalue weighted by atomic mass is 9.91. The first kappa shape index (κ1) is 16.7. The van der Waals surface area contributed by atoms with Crippen LogP contribution in [0, 0.1) is 11.3 Å². The molecule has 1 aliphatic carbocycles. The van der Waals surface area contributed by atoms with E-state index in [-0.39, 0.29) is 23.8 Å². The van der Waals surface area contributed by atoms with Gasteiger partial charge in [0.15, 0.2) is 0 Å². The number of aromatic nitrogens is 1. The van der Waals surface area contributed by atoms with Gasteiger partial charge in [-0.25, -0.2) is 4.98 Å². The predicted molar refractivity (Wildman–Crippen MR) is 98.1 cm³/mol. The zero-order valence-corrected chi connectivity index (χ0v) is 15.2. The third-order valence-corrected chi connectivity index (χ3v) is 6.29. The summed E-state index contributed by atoms with van der Waals surface area (Å²) in [5, 5.41) is 11.5. The van der Waals surface area contributed by atoms with Gasteiger partial charge in [0, 0.05) is 23.0 Å². The van der Waals surface area contributed by atoms with Gasteiger partial charge in [-0.15, -0.1) is 11.3 Å². The number of hydrogen-bond donors (Lipinski definition) is 1. The van der Waals surface area contributed by atoms with E-state index < -0.39 is 0 Å². The number of fused-ring (bicyclic) bond motifs is 2. The monoisotopic (exact) mass is 366 g/mol. The summed E-state index contributed by atoms with van der Waals surface area (Å²) in [4.78, 5) is 32.9. The minimum absolute atomic E-state index is 0.0149. The molecule has 0 unspecified atom stereocenters. The van der Waals surface area contributed by atoms with Crippen molar-refractivity contribution in [2.45, 2.75) is 31.6 Å². The third kappa shape index (κ3) is 2.86. The molecule has 2 aromatic heterocycles. The first-order chi connectivity index (χ1) is 12.5. The van der Waals surface area contributed by atoms with E-state index in [4.69, 9.17) is 5.26 Å². The maximum Gasteiger partial charge on any atom is 0.264 e. The molecule has 26 heavy (non-hydrogen) atoms. The van der Waals surface area contributed by atoms with E-state index in [1.807, 2.05) is 6.07 Å². The number of nitrogens with one attached hydrogen (secondary N) is 1. The second-order valence-corrected chi connectivity index (χ2v) is 7.98. The second kappa shape index (κ2) is 6.22. The number of aryl methyl sites for hydroxylation is 1. The molecular formula is C19H18N4O2S. The van der Waals surface area contributed by atoms with Gasteiger partial charge >= 0.3 is 0 Å². The van der Waals surface area contributed by atoms with Crippen LogP contribution in [-0.4, -0.2) is 34.8 Å². The molecule has 4 rings (SSSR count). The second-order valence-electron chi connectivity index (χ2n) is 6.84. The van der Waals surface area contributed by atoms with Gasteiger partial charge in [-0.1, -0.05) is 6.92 Å². The largest absolute Gasteiger partial charge is 0.328 e. The Morgan fingerprint density at radius 1 is 1.46 bits per heavy atom. The summed E-state index contributed by atoms with van der Waals surface area (Å²) < 4.78 is 0. The van der Waals surface area contributed by atoms with E-state index in [1.165, 1.54) is 16.6 Å². The summed E-state index contributed by atoms with van der Waals surface area (Å²) in [5.74, 6) is 0.0527. The number of nitrogens with zero attached hydrogens (tertiary/aromatic N) is 3. The smallest absolute Gasteiger partial charge is 0.264 e. The Balaban J connectivity index is 1.49. The highest BCUT2D eigenvalue weighted by Crippen LogP contribution is 2.54. The van der Waals surface area contributed by atoms with Crippen molar-refractivity contribution in [1.29, 1.82) is 5.26 Å². The predicted octanol–water partition coefficient (Wildman–Crippen LogP) is 2.70. The molecule has 1 aliphatic heterocycles. The number of nitriles is 1. The van der Waals surface area contributed by atoms with Gasteiger partial charge in [0.25, 0.3) is 5.91 Å². The molecule has 132 valence electrons. The molecule has 2 aromatic rings. The fourth-order valence-electron chi connectivity index (χ4n) is 3.43. The van der Waals surface area contributed by atoms with E-state index in [1.54, 1.807) is 28.4 Å². The van der Waals surface area contributed by atoms with Gasteiger partial charge in [-0.05, 0) is 43.0 Å². The van der Waals surface area contributed by atoms with Crippen molar-refractivity contribution >= 4 is 29.0 Å². The maximum atomic E-state index is 12.8. The van der Waals surface area contributed by atoms with E-state index in [0.29, 0.717) is 17.9 Å². The number of amides is 2. The van der Waals surface area contributed by atoms with E-state index in [2.05, 4.69) is 23.3 Å². The number of hydrogen-bond acceptors (Lipinski definition) is 5. The minimum Gasteiger partial charge on any atom is -0.328 e. The Morgan fingerprint density at radius 3 is 2.88 bits per heavy atom. The highest BCUT2D eigenvalue weighted by molar-refractivity contribution is 7.14. The molecule has 7 heteroatoms. The van der Waals surface area contributed by atoms with Crippen molar-refractivity contribution in [2.24, 2.45) is 0 Å². The molecule has 0 atom stereocenters. The van der Waals surface area contributed by atoms with E-state index in [9.17, 15) is 9.59 Å². The minimum atomic E-state index is -0.276. The van der Waals surface area contributed by atoms with E-state index >= 15 is 0 Å². The zero-order chi connectivity index (χ0) is 18.3. The molecule has 0 saturated heterocycles. The SMILES string of the molecule is CCc1cc2c(s1)C(=O)N(CC(=O)Nc1ccc(C#N)cn1)CC21CC1. The van der Waals surface area contributed by atoms with Gasteiger partial charge in [0.2, 0.25) is 5.91 Å². The van der Waals surface area contributed by atoms with Crippen LogP contribution in [0.2, 0.25) is 0 Å². The van der Waals surface area contributed by atoms with Gasteiger partial charge < -0.3 is 10.2 Å². The van der Waals surface area contributed by atoms with Crippen molar-refractivity contribution in [1.82, 2.24) is 9.88 Å². The molecular weight excluding hydrogens is 348 g/mol. The summed E-state index contributed by atoms with van der Waals surface area (Å²) in [6.07, 6.45) is 4.47. The van der Waals surface area contributed by atoms with Crippen LogP contribution >= 0.6 is 11.3 Å². The lowest BCUT2D eigenvalue weighted by molar-refractivity contribution is -0.117. The molecule has 2 amide bonds. The quantitative estimate of drug-likeness (QED) is 0.901. The lowest BCUT2D eigenvalue weighted by Gasteiger charge is -2.32. The van der Waals surface area contributed by atoms with Crippen LogP contribution in [0.4, 0.5) is 5.82 Å². The number of thiophene rings is 1. The normalized spacial score (nSPS) is 16.9. The number of carbonyl (C=O) groups is 2. The average molecular weight is 366 g/mol. The number of anilines is 1. The summed E-state index contributed by atoms with van der Waals surface area (Å²) in [6, 6.07) is 7.35. The molecule has 0 radical (unpaired) electrons. The van der Waals surface area contributed by atoms with Crippen LogP contribution in [0.25, 0.3) is 0 Å². The zero-order valence-electron chi connectivity index (χ0n) is 14.4. The Kier molecular flexibility index (Phi) is 4.00. The molecule has 0 bridgehead atoms. The summed E-state index contributed by atoms with van der Waals surface area (Å²) in [5.41, 5.74) is 1.68. The van der Waals surface area contributed by atoms with Crippen LogP contribution in [0.3, 0.4) is 0 Å². The summed E-state index contributed by atoms with van der Waals surface area (Å²) >= 11 is 1.56. The fourth-order valence-corrected chi connectivity index (χ4v) is 4.62. The highest BCUT2D eigenvalue weighted by atomic mass is 32.1. The molecule has 2 aliphatic rings. The Bertz CT molecular complexity index is 922. The molecule has 0 aromatic carbocycles. The van der Waals surface area contributed by atoms with Crippen molar-refractivity contribution in [3.05, 3.63) is 45.3 Å². The molecule has 1 spiro atoms. The van der Waals surface area contributed by atoms with Crippen LogP contribution < -0.4 is 5.32 Å². The van der Waals surface area contributed by atoms with Crippen LogP contribution in [-0.2, 0) is 16.6 Å². The van der Waals surface area contributed by atoms with Gasteiger partial charge in [-0.3, -0.25) is 9.59 Å². The van der Waals surface area contributed by atoms with Gasteiger partial charge in [0.05, 0.1) is 10.4 Å². The van der Waals surface area contributed by atoms with Crippen LogP contribution in [0.5, 0.6) is 0 Å². The fraction of sp³-hybridized carbons (Fsp3) is 0.368. The molecule has 6 nitrogen and oxygen atoms in total. The Morgan fingerprint density at radius 2 is 2.27 bits per heavy atom. The van der Waals surface area contributed by atoms with Crippen molar-refractivity contribution in [3.8, 4) is 6.07 Å². The topological polar surface area (TPSA) is 86.1 Å². The maximum absolute atomic E-state index is 12.8. The molecule has 3 heterocycles. The highest BCUT2D eigenvalue weighted by Gasteiger charge is 2.52.